The monoisotopic (exact) mass is 293 g/mol. The Morgan fingerprint density at radius 2 is 2.25 bits per heavy atom. The van der Waals surface area contributed by atoms with Crippen LogP contribution in [0.2, 0.25) is 0 Å². The van der Waals surface area contributed by atoms with Crippen molar-refractivity contribution in [1.82, 2.24) is 20.5 Å². The Labute approximate surface area is 122 Å². The fourth-order valence-electron chi connectivity index (χ4n) is 2.13. The van der Waals surface area contributed by atoms with Gasteiger partial charge in [0.05, 0.1) is 0 Å². The molecule has 3 N–H and O–H groups in total. The maximum absolute atomic E-state index is 12.2. The number of carbonyl (C=O) groups excluding carboxylic acids is 1. The van der Waals surface area contributed by atoms with Gasteiger partial charge in [0.25, 0.3) is 5.91 Å². The molecular formula is C13H16ClN5O. The van der Waals surface area contributed by atoms with E-state index in [2.05, 4.69) is 25.8 Å². The molecule has 0 aromatic carbocycles. The Morgan fingerprint density at radius 1 is 1.40 bits per heavy atom. The Bertz CT molecular complexity index is 608. The van der Waals surface area contributed by atoms with Gasteiger partial charge in [-0.15, -0.1) is 12.4 Å². The van der Waals surface area contributed by atoms with Crippen LogP contribution in [0.4, 0.5) is 5.82 Å². The van der Waals surface area contributed by atoms with Crippen molar-refractivity contribution in [1.29, 1.82) is 0 Å². The van der Waals surface area contributed by atoms with Gasteiger partial charge in [0.15, 0.2) is 5.69 Å². The van der Waals surface area contributed by atoms with Gasteiger partial charge in [-0.05, 0) is 18.6 Å². The van der Waals surface area contributed by atoms with Gasteiger partial charge in [-0.2, -0.15) is 5.10 Å². The standard InChI is InChI=1S/C13H15N5O.ClH/c1-8-2-3-11(15-6-8)16-13(19)12-9-7-14-5-4-10(9)17-18-12;/h2-3,6,14H,4-5,7H2,1H3,(H,17,18)(H,15,16,19);1H. The van der Waals surface area contributed by atoms with E-state index in [9.17, 15) is 4.79 Å². The lowest BCUT2D eigenvalue weighted by atomic mass is 10.1. The first-order valence-corrected chi connectivity index (χ1v) is 6.25. The van der Waals surface area contributed by atoms with Gasteiger partial charge in [-0.25, -0.2) is 4.98 Å². The largest absolute Gasteiger partial charge is 0.312 e. The van der Waals surface area contributed by atoms with Crippen LogP contribution in [0.1, 0.15) is 27.3 Å². The van der Waals surface area contributed by atoms with Crippen LogP contribution in [0.3, 0.4) is 0 Å². The van der Waals surface area contributed by atoms with Gasteiger partial charge < -0.3 is 10.6 Å². The molecule has 2 aromatic rings. The molecule has 7 heteroatoms. The summed E-state index contributed by atoms with van der Waals surface area (Å²) in [7, 11) is 0. The maximum atomic E-state index is 12.2. The number of aryl methyl sites for hydroxylation is 1. The quantitative estimate of drug-likeness (QED) is 0.782. The van der Waals surface area contributed by atoms with Crippen LogP contribution in [0.15, 0.2) is 18.3 Å². The number of carbonyl (C=O) groups is 1. The van der Waals surface area contributed by atoms with E-state index in [0.717, 1.165) is 29.8 Å². The number of pyridine rings is 1. The average Bonchev–Trinajstić information content (AvgIpc) is 2.85. The fourth-order valence-corrected chi connectivity index (χ4v) is 2.13. The molecule has 0 bridgehead atoms. The molecule has 0 saturated carbocycles. The fraction of sp³-hybridized carbons (Fsp3) is 0.308. The van der Waals surface area contributed by atoms with Crippen molar-refractivity contribution in [3.8, 4) is 0 Å². The zero-order valence-electron chi connectivity index (χ0n) is 11.1. The summed E-state index contributed by atoms with van der Waals surface area (Å²) in [6, 6.07) is 3.69. The summed E-state index contributed by atoms with van der Waals surface area (Å²) in [5.74, 6) is 0.314. The number of aromatic amines is 1. The molecule has 1 aliphatic heterocycles. The highest BCUT2D eigenvalue weighted by Gasteiger charge is 2.21. The highest BCUT2D eigenvalue weighted by molar-refractivity contribution is 6.03. The van der Waals surface area contributed by atoms with E-state index >= 15 is 0 Å². The second-order valence-corrected chi connectivity index (χ2v) is 4.63. The normalized spacial score (nSPS) is 13.2. The van der Waals surface area contributed by atoms with E-state index in [1.807, 2.05) is 13.0 Å². The number of amides is 1. The highest BCUT2D eigenvalue weighted by Crippen LogP contribution is 2.16. The van der Waals surface area contributed by atoms with Gasteiger partial charge >= 0.3 is 0 Å². The first-order chi connectivity index (χ1) is 9.24. The predicted molar refractivity (Wildman–Crippen MR) is 78.2 cm³/mol. The Hall–Kier alpha value is -1.92. The lowest BCUT2D eigenvalue weighted by Crippen LogP contribution is -2.25. The molecule has 3 rings (SSSR count). The molecule has 0 unspecified atom stereocenters. The molecule has 1 amide bonds. The van der Waals surface area contributed by atoms with Crippen LogP contribution in [0.25, 0.3) is 0 Å². The number of hydrogen-bond acceptors (Lipinski definition) is 4. The van der Waals surface area contributed by atoms with E-state index in [4.69, 9.17) is 0 Å². The second-order valence-electron chi connectivity index (χ2n) is 4.63. The molecule has 106 valence electrons. The molecule has 0 saturated heterocycles. The van der Waals surface area contributed by atoms with Crippen LogP contribution < -0.4 is 10.6 Å². The first-order valence-electron chi connectivity index (χ1n) is 6.25. The summed E-state index contributed by atoms with van der Waals surface area (Å²) in [5, 5.41) is 13.0. The van der Waals surface area contributed by atoms with Crippen molar-refractivity contribution < 1.29 is 4.79 Å². The molecule has 1 aliphatic rings. The number of H-pyrrole nitrogens is 1. The predicted octanol–water partition coefficient (Wildman–Crippen LogP) is 1.43. The summed E-state index contributed by atoms with van der Waals surface area (Å²) in [5.41, 5.74) is 3.50. The minimum atomic E-state index is -0.224. The number of hydrogen-bond donors (Lipinski definition) is 3. The average molecular weight is 294 g/mol. The summed E-state index contributed by atoms with van der Waals surface area (Å²) < 4.78 is 0. The first kappa shape index (κ1) is 14.5. The third kappa shape index (κ3) is 2.81. The molecule has 2 aromatic heterocycles. The molecule has 0 radical (unpaired) electrons. The Balaban J connectivity index is 0.00000147. The van der Waals surface area contributed by atoms with Crippen LogP contribution in [-0.2, 0) is 13.0 Å². The van der Waals surface area contributed by atoms with E-state index < -0.39 is 0 Å². The minimum Gasteiger partial charge on any atom is -0.312 e. The molecular weight excluding hydrogens is 278 g/mol. The zero-order valence-corrected chi connectivity index (χ0v) is 11.9. The van der Waals surface area contributed by atoms with Gasteiger partial charge in [-0.3, -0.25) is 9.89 Å². The highest BCUT2D eigenvalue weighted by atomic mass is 35.5. The molecule has 0 aliphatic carbocycles. The number of nitrogens with one attached hydrogen (secondary N) is 3. The maximum Gasteiger partial charge on any atom is 0.277 e. The van der Waals surface area contributed by atoms with Gasteiger partial charge in [-0.1, -0.05) is 6.07 Å². The Kier molecular flexibility index (Phi) is 4.36. The molecule has 0 fully saturated rings. The number of rotatable bonds is 2. The van der Waals surface area contributed by atoms with Gasteiger partial charge in [0, 0.05) is 37.0 Å². The molecule has 0 atom stereocenters. The van der Waals surface area contributed by atoms with Crippen LogP contribution in [0.5, 0.6) is 0 Å². The second kappa shape index (κ2) is 6.02. The van der Waals surface area contributed by atoms with E-state index in [-0.39, 0.29) is 18.3 Å². The van der Waals surface area contributed by atoms with Crippen molar-refractivity contribution in [2.45, 2.75) is 19.9 Å². The van der Waals surface area contributed by atoms with Crippen molar-refractivity contribution in [2.24, 2.45) is 0 Å². The van der Waals surface area contributed by atoms with Gasteiger partial charge in [0.2, 0.25) is 0 Å². The Morgan fingerprint density at radius 3 is 3.00 bits per heavy atom. The summed E-state index contributed by atoms with van der Waals surface area (Å²) in [4.78, 5) is 16.3. The van der Waals surface area contributed by atoms with Crippen LogP contribution >= 0.6 is 12.4 Å². The van der Waals surface area contributed by atoms with Crippen molar-refractivity contribution in [3.63, 3.8) is 0 Å². The zero-order chi connectivity index (χ0) is 13.2. The third-order valence-electron chi connectivity index (χ3n) is 3.17. The van der Waals surface area contributed by atoms with Crippen LogP contribution in [0, 0.1) is 6.92 Å². The number of halogens is 1. The lowest BCUT2D eigenvalue weighted by molar-refractivity contribution is 0.102. The van der Waals surface area contributed by atoms with Gasteiger partial charge in [0.1, 0.15) is 5.82 Å². The summed E-state index contributed by atoms with van der Waals surface area (Å²) >= 11 is 0. The number of fused-ring (bicyclic) bond motifs is 1. The molecule has 3 heterocycles. The molecule has 6 nitrogen and oxygen atoms in total. The third-order valence-corrected chi connectivity index (χ3v) is 3.17. The number of nitrogens with zero attached hydrogens (tertiary/aromatic N) is 2. The van der Waals surface area contributed by atoms with E-state index in [1.165, 1.54) is 0 Å². The van der Waals surface area contributed by atoms with Crippen LogP contribution in [-0.4, -0.2) is 27.6 Å². The summed E-state index contributed by atoms with van der Waals surface area (Å²) in [6.45, 7) is 3.54. The van der Waals surface area contributed by atoms with E-state index in [1.54, 1.807) is 12.3 Å². The molecule has 20 heavy (non-hydrogen) atoms. The summed E-state index contributed by atoms with van der Waals surface area (Å²) in [6.07, 6.45) is 2.59. The van der Waals surface area contributed by atoms with Crippen molar-refractivity contribution >= 4 is 24.1 Å². The number of aromatic nitrogens is 3. The lowest BCUT2D eigenvalue weighted by Gasteiger charge is -2.12. The van der Waals surface area contributed by atoms with Crippen molar-refractivity contribution in [2.75, 3.05) is 11.9 Å². The SMILES string of the molecule is Cc1ccc(NC(=O)c2n[nH]c3c2CNCC3)nc1.Cl. The smallest absolute Gasteiger partial charge is 0.277 e. The minimum absolute atomic E-state index is 0. The topological polar surface area (TPSA) is 82.7 Å². The van der Waals surface area contributed by atoms with E-state index in [0.29, 0.717) is 18.1 Å². The molecule has 0 spiro atoms. The number of anilines is 1. The van der Waals surface area contributed by atoms with Crippen molar-refractivity contribution in [3.05, 3.63) is 40.8 Å².